The van der Waals surface area contributed by atoms with Gasteiger partial charge in [0.2, 0.25) is 5.91 Å². The number of alkyl halides is 3. The molecule has 1 N–H and O–H groups in total. The van der Waals surface area contributed by atoms with Crippen LogP contribution in [-0.4, -0.2) is 72.3 Å². The molecule has 15 heteroatoms. The van der Waals surface area contributed by atoms with E-state index < -0.39 is 33.7 Å². The number of nitrogens with zero attached hydrogens (tertiary/aromatic N) is 4. The van der Waals surface area contributed by atoms with E-state index in [-0.39, 0.29) is 23.3 Å². The highest BCUT2D eigenvalue weighted by molar-refractivity contribution is 7.91. The monoisotopic (exact) mass is 643 g/mol. The van der Waals surface area contributed by atoms with Crippen molar-refractivity contribution in [3.8, 4) is 17.3 Å². The van der Waals surface area contributed by atoms with Crippen LogP contribution in [0.3, 0.4) is 0 Å². The molecule has 1 amide bonds. The molecule has 0 aliphatic carbocycles. The van der Waals surface area contributed by atoms with E-state index in [1.54, 1.807) is 6.07 Å². The molecule has 2 aliphatic heterocycles. The number of rotatable bonds is 10. The van der Waals surface area contributed by atoms with Crippen molar-refractivity contribution in [2.24, 2.45) is 0 Å². The van der Waals surface area contributed by atoms with Crippen molar-refractivity contribution in [1.29, 1.82) is 0 Å². The Balaban J connectivity index is 1.32. The summed E-state index contributed by atoms with van der Waals surface area (Å²) in [6, 6.07) is 8.21. The highest BCUT2D eigenvalue weighted by Gasteiger charge is 2.40. The van der Waals surface area contributed by atoms with E-state index >= 15 is 0 Å². The van der Waals surface area contributed by atoms with Crippen LogP contribution in [0.4, 0.5) is 13.2 Å². The van der Waals surface area contributed by atoms with Gasteiger partial charge in [-0.15, -0.1) is 11.3 Å². The lowest BCUT2D eigenvalue weighted by Crippen LogP contribution is -2.45. The third-order valence-electron chi connectivity index (χ3n) is 7.17. The highest BCUT2D eigenvalue weighted by Crippen LogP contribution is 2.33. The number of likely N-dealkylation sites (tertiary alicyclic amines) is 1. The van der Waals surface area contributed by atoms with Gasteiger partial charge < -0.3 is 10.1 Å². The zero-order chi connectivity index (χ0) is 29.9. The Morgan fingerprint density at radius 1 is 1.07 bits per heavy atom. The number of carbonyl (C=O) groups is 1. The summed E-state index contributed by atoms with van der Waals surface area (Å²) in [5.74, 6) is -0.482. The number of hydrogen-bond donors (Lipinski definition) is 1. The average molecular weight is 644 g/mol. The summed E-state index contributed by atoms with van der Waals surface area (Å²) in [5, 5.41) is 2.76. The van der Waals surface area contributed by atoms with Gasteiger partial charge in [0, 0.05) is 18.7 Å². The van der Waals surface area contributed by atoms with Gasteiger partial charge in [0.15, 0.2) is 0 Å². The molecular formula is C27H29ClF3N5O4S2. The lowest BCUT2D eigenvalue weighted by atomic mass is 10.1. The molecule has 226 valence electrons. The molecule has 42 heavy (non-hydrogen) atoms. The van der Waals surface area contributed by atoms with Gasteiger partial charge in [0.05, 0.1) is 27.8 Å². The van der Waals surface area contributed by atoms with Crippen LogP contribution in [0.2, 0.25) is 4.34 Å². The van der Waals surface area contributed by atoms with Crippen molar-refractivity contribution >= 4 is 38.9 Å². The van der Waals surface area contributed by atoms with Gasteiger partial charge in [-0.3, -0.25) is 9.69 Å². The van der Waals surface area contributed by atoms with E-state index in [0.29, 0.717) is 47.3 Å². The minimum absolute atomic E-state index is 0.0375. The number of ether oxygens (including phenoxy) is 1. The van der Waals surface area contributed by atoms with E-state index in [1.807, 2.05) is 0 Å². The first-order chi connectivity index (χ1) is 20.0. The smallest absolute Gasteiger partial charge is 0.416 e. The van der Waals surface area contributed by atoms with Crippen LogP contribution in [-0.2, 0) is 27.5 Å². The molecule has 9 nitrogen and oxygen atoms in total. The lowest BCUT2D eigenvalue weighted by molar-refractivity contribution is -0.137. The van der Waals surface area contributed by atoms with Gasteiger partial charge in [0.1, 0.15) is 16.9 Å². The molecule has 2 saturated heterocycles. The van der Waals surface area contributed by atoms with Crippen LogP contribution in [0.5, 0.6) is 6.01 Å². The molecule has 2 fully saturated rings. The van der Waals surface area contributed by atoms with Crippen molar-refractivity contribution in [2.75, 3.05) is 32.8 Å². The molecule has 1 atom stereocenters. The molecule has 0 bridgehead atoms. The molecule has 2 aliphatic rings. The van der Waals surface area contributed by atoms with Crippen LogP contribution < -0.4 is 10.1 Å². The van der Waals surface area contributed by atoms with Crippen molar-refractivity contribution in [1.82, 2.24) is 24.5 Å². The fourth-order valence-corrected chi connectivity index (χ4v) is 8.28. The first-order valence-electron chi connectivity index (χ1n) is 13.5. The maximum atomic E-state index is 13.2. The molecule has 5 rings (SSSR count). The normalized spacial score (nSPS) is 18.4. The summed E-state index contributed by atoms with van der Waals surface area (Å²) in [5.41, 5.74) is 0.335. The van der Waals surface area contributed by atoms with Crippen molar-refractivity contribution in [3.05, 3.63) is 58.1 Å². The van der Waals surface area contributed by atoms with Crippen molar-refractivity contribution in [2.45, 2.75) is 48.7 Å². The molecule has 0 spiro atoms. The number of thiophene rings is 1. The van der Waals surface area contributed by atoms with Crippen molar-refractivity contribution in [3.63, 3.8) is 0 Å². The summed E-state index contributed by atoms with van der Waals surface area (Å²) in [7, 11) is -3.90. The second-order valence-electron chi connectivity index (χ2n) is 10.0. The first kappa shape index (κ1) is 30.7. The van der Waals surface area contributed by atoms with Crippen molar-refractivity contribution < 1.29 is 31.1 Å². The third kappa shape index (κ3) is 7.22. The Kier molecular flexibility index (Phi) is 9.38. The second kappa shape index (κ2) is 12.8. The maximum Gasteiger partial charge on any atom is 0.416 e. The van der Waals surface area contributed by atoms with Gasteiger partial charge in [-0.1, -0.05) is 23.7 Å². The predicted octanol–water partition coefficient (Wildman–Crippen LogP) is 4.82. The van der Waals surface area contributed by atoms with Gasteiger partial charge in [-0.2, -0.15) is 27.4 Å². The zero-order valence-electron chi connectivity index (χ0n) is 22.4. The van der Waals surface area contributed by atoms with Gasteiger partial charge in [-0.25, -0.2) is 8.42 Å². The summed E-state index contributed by atoms with van der Waals surface area (Å²) in [6.07, 6.45) is -1.33. The molecule has 4 heterocycles. The van der Waals surface area contributed by atoms with Crippen LogP contribution in [0.15, 0.2) is 46.7 Å². The Morgan fingerprint density at radius 2 is 1.81 bits per heavy atom. The fraction of sp³-hybridized carbons (Fsp3) is 0.444. The Hall–Kier alpha value is -2.78. The Morgan fingerprint density at radius 3 is 2.48 bits per heavy atom. The molecule has 0 radical (unpaired) electrons. The van der Waals surface area contributed by atoms with E-state index in [1.165, 1.54) is 28.6 Å². The number of sulfonamides is 1. The number of carbonyl (C=O) groups excluding carboxylic acids is 1. The van der Waals surface area contributed by atoms with E-state index in [9.17, 15) is 26.4 Å². The van der Waals surface area contributed by atoms with E-state index in [2.05, 4.69) is 20.2 Å². The average Bonchev–Trinajstić information content (AvgIpc) is 3.74. The van der Waals surface area contributed by atoms with Crippen LogP contribution >= 0.6 is 22.9 Å². The maximum absolute atomic E-state index is 13.2. The second-order valence-corrected chi connectivity index (χ2v) is 13.9. The quantitative estimate of drug-likeness (QED) is 0.338. The molecule has 0 unspecified atom stereocenters. The number of hydrogen-bond acceptors (Lipinski definition) is 8. The summed E-state index contributed by atoms with van der Waals surface area (Å²) in [6.45, 7) is 3.12. The molecular weight excluding hydrogens is 615 g/mol. The Bertz CT molecular complexity index is 1510. The number of halogens is 4. The van der Waals surface area contributed by atoms with Gasteiger partial charge in [0.25, 0.3) is 10.0 Å². The van der Waals surface area contributed by atoms with Crippen LogP contribution in [0.1, 0.15) is 36.9 Å². The zero-order valence-corrected chi connectivity index (χ0v) is 24.8. The van der Waals surface area contributed by atoms with Gasteiger partial charge >= 0.3 is 12.2 Å². The van der Waals surface area contributed by atoms with Crippen LogP contribution in [0.25, 0.3) is 11.3 Å². The molecule has 1 aromatic carbocycles. The van der Waals surface area contributed by atoms with Crippen LogP contribution in [0, 0.1) is 0 Å². The first-order valence-corrected chi connectivity index (χ1v) is 16.1. The largest absolute Gasteiger partial charge is 0.462 e. The number of amides is 1. The number of aromatic nitrogens is 2. The molecule has 0 saturated carbocycles. The SMILES string of the molecule is O=C(NCc1cc(-c2ccc(C(F)(F)F)cc2)nc(OCCN2CCCC2)n1)[C@@H]1CCCN1S(=O)(=O)c1ccc(Cl)s1. The highest BCUT2D eigenvalue weighted by atomic mass is 35.5. The number of benzene rings is 1. The van der Waals surface area contributed by atoms with E-state index in [0.717, 1.165) is 49.4 Å². The standard InChI is InChI=1S/C27H29ClF3N5O4S2/c28-23-9-10-24(41-23)42(38,39)36-13-3-4-22(36)25(37)32-17-20-16-21(18-5-7-19(8-6-18)27(29,30)31)34-26(33-20)40-15-14-35-11-1-2-12-35/h5-10,16,22H,1-4,11-15,17H2,(H,32,37)/t22-/m0/s1. The predicted molar refractivity (Wildman–Crippen MR) is 152 cm³/mol. The van der Waals surface area contributed by atoms with Gasteiger partial charge in [-0.05, 0) is 69.1 Å². The summed E-state index contributed by atoms with van der Waals surface area (Å²) >= 11 is 6.86. The molecule has 2 aromatic heterocycles. The van der Waals surface area contributed by atoms with E-state index in [4.69, 9.17) is 16.3 Å². The third-order valence-corrected chi connectivity index (χ3v) is 10.8. The summed E-state index contributed by atoms with van der Waals surface area (Å²) < 4.78 is 73.0. The summed E-state index contributed by atoms with van der Waals surface area (Å²) in [4.78, 5) is 24.2. The minimum Gasteiger partial charge on any atom is -0.462 e. The Labute approximate surface area is 250 Å². The fourth-order valence-electron chi connectivity index (χ4n) is 5.02. The minimum atomic E-state index is -4.47. The number of nitrogens with one attached hydrogen (secondary N) is 1. The lowest BCUT2D eigenvalue weighted by Gasteiger charge is -2.22. The molecule has 3 aromatic rings. The topological polar surface area (TPSA) is 105 Å².